The van der Waals surface area contributed by atoms with Crippen molar-refractivity contribution in [2.45, 2.75) is 24.3 Å². The lowest BCUT2D eigenvalue weighted by molar-refractivity contribution is -0.705. The number of carbonyl (C=O) groups is 4. The lowest BCUT2D eigenvalue weighted by Gasteiger charge is -2.16. The summed E-state index contributed by atoms with van der Waals surface area (Å²) in [4.78, 5) is 43.3. The Morgan fingerprint density at radius 2 is 1.30 bits per heavy atom. The Balaban J connectivity index is 3.03. The molecule has 0 bridgehead atoms. The van der Waals surface area contributed by atoms with E-state index in [9.17, 15) is 29.4 Å². The third-order valence-electron chi connectivity index (χ3n) is 2.98. The smallest absolute Gasteiger partial charge is 0.351 e. The van der Waals surface area contributed by atoms with Gasteiger partial charge in [0.2, 0.25) is 6.33 Å². The Hall–Kier alpha value is -2.99. The average molecular weight is 333 g/mol. The highest BCUT2D eigenvalue weighted by Crippen LogP contribution is 2.10. The van der Waals surface area contributed by atoms with Gasteiger partial charge in [-0.25, -0.2) is 28.3 Å². The highest BCUT2D eigenvalue weighted by Gasteiger charge is 2.49. The number of carboxylic acid groups (broad SMARTS) is 4. The maximum absolute atomic E-state index is 10.8. The Morgan fingerprint density at radius 1 is 0.870 bits per heavy atom. The second kappa shape index (κ2) is 6.02. The van der Waals surface area contributed by atoms with Crippen molar-refractivity contribution in [2.75, 3.05) is 0 Å². The first-order valence-electron chi connectivity index (χ1n) is 5.86. The Labute approximate surface area is 127 Å². The fourth-order valence-corrected chi connectivity index (χ4v) is 1.61. The number of aliphatic carboxylic acids is 4. The number of aliphatic hydroxyl groups is 2. The summed E-state index contributed by atoms with van der Waals surface area (Å²) in [7, 11) is 0. The SMILES string of the molecule is O=C(O)C(O)(Cn1cc[n+](CC(O)(C(=O)O)C(=O)O)c1)C(=O)O. The fourth-order valence-electron chi connectivity index (χ4n) is 1.61. The summed E-state index contributed by atoms with van der Waals surface area (Å²) >= 11 is 0. The van der Waals surface area contributed by atoms with Crippen LogP contribution in [-0.4, -0.2) is 70.3 Å². The van der Waals surface area contributed by atoms with Crippen molar-refractivity contribution in [1.82, 2.24) is 4.57 Å². The van der Waals surface area contributed by atoms with Gasteiger partial charge in [0.25, 0.3) is 11.2 Å². The van der Waals surface area contributed by atoms with Crippen LogP contribution in [-0.2, 0) is 32.3 Å². The number of imidazole rings is 1. The fraction of sp³-hybridized carbons (Fsp3) is 0.364. The van der Waals surface area contributed by atoms with Gasteiger partial charge in [0.05, 0.1) is 0 Å². The molecule has 1 aromatic heterocycles. The first-order valence-corrected chi connectivity index (χ1v) is 5.86. The largest absolute Gasteiger partial charge is 0.479 e. The summed E-state index contributed by atoms with van der Waals surface area (Å²) in [5.41, 5.74) is -6.26. The number of nitrogens with zero attached hydrogens (tertiary/aromatic N) is 2. The molecule has 12 heteroatoms. The van der Waals surface area contributed by atoms with Crippen LogP contribution >= 0.6 is 0 Å². The summed E-state index contributed by atoms with van der Waals surface area (Å²) in [5.74, 6) is -8.06. The number of hydrogen-bond donors (Lipinski definition) is 6. The molecule has 1 rings (SSSR count). The van der Waals surface area contributed by atoms with Crippen LogP contribution in [0.5, 0.6) is 0 Å². The predicted octanol–water partition coefficient (Wildman–Crippen LogP) is -3.42. The second-order valence-electron chi connectivity index (χ2n) is 4.70. The number of aromatic nitrogens is 2. The van der Waals surface area contributed by atoms with Crippen LogP contribution in [0.25, 0.3) is 0 Å². The molecule has 0 fully saturated rings. The molecule has 0 aliphatic heterocycles. The standard InChI is InChI=1S/C11H12N2O10/c14-6(15)10(22,7(16)17)3-12-1-2-13(5-12)4-11(23,8(18)19)9(20)21/h1-2,5,22-23H,3-4H2,(H3-,14,15,16,17,18,19,20,21)/p+1. The van der Waals surface area contributed by atoms with E-state index < -0.39 is 48.2 Å². The van der Waals surface area contributed by atoms with Crippen molar-refractivity contribution in [1.29, 1.82) is 0 Å². The monoisotopic (exact) mass is 333 g/mol. The zero-order chi connectivity index (χ0) is 18.0. The van der Waals surface area contributed by atoms with E-state index >= 15 is 0 Å². The van der Waals surface area contributed by atoms with Crippen molar-refractivity contribution < 1.29 is 54.4 Å². The molecular weight excluding hydrogens is 320 g/mol. The molecule has 0 saturated carbocycles. The molecule has 0 aliphatic carbocycles. The van der Waals surface area contributed by atoms with Gasteiger partial charge in [-0.2, -0.15) is 0 Å². The van der Waals surface area contributed by atoms with Crippen molar-refractivity contribution in [2.24, 2.45) is 0 Å². The van der Waals surface area contributed by atoms with E-state index in [0.29, 0.717) is 0 Å². The van der Waals surface area contributed by atoms with Crippen LogP contribution in [0, 0.1) is 0 Å². The third kappa shape index (κ3) is 3.44. The first kappa shape index (κ1) is 18.1. The highest BCUT2D eigenvalue weighted by atomic mass is 16.5. The molecule has 0 radical (unpaired) electrons. The molecule has 23 heavy (non-hydrogen) atoms. The summed E-state index contributed by atoms with van der Waals surface area (Å²) in [6.07, 6.45) is 3.08. The van der Waals surface area contributed by atoms with Crippen molar-refractivity contribution in [3.05, 3.63) is 18.7 Å². The van der Waals surface area contributed by atoms with Crippen LogP contribution < -0.4 is 4.57 Å². The number of carboxylic acids is 4. The van der Waals surface area contributed by atoms with Gasteiger partial charge in [0.1, 0.15) is 25.5 Å². The highest BCUT2D eigenvalue weighted by molar-refractivity contribution is 6.01. The van der Waals surface area contributed by atoms with Gasteiger partial charge in [-0.15, -0.1) is 0 Å². The van der Waals surface area contributed by atoms with Gasteiger partial charge in [0.15, 0.2) is 0 Å². The van der Waals surface area contributed by atoms with Gasteiger partial charge in [-0.1, -0.05) is 0 Å². The predicted molar refractivity (Wildman–Crippen MR) is 65.1 cm³/mol. The molecule has 12 nitrogen and oxygen atoms in total. The van der Waals surface area contributed by atoms with E-state index in [4.69, 9.17) is 20.4 Å². The molecule has 0 spiro atoms. The van der Waals surface area contributed by atoms with Gasteiger partial charge in [-0.3, -0.25) is 0 Å². The number of hydrogen-bond acceptors (Lipinski definition) is 6. The topological polar surface area (TPSA) is 198 Å². The lowest BCUT2D eigenvalue weighted by atomic mass is 10.1. The quantitative estimate of drug-likeness (QED) is 0.205. The van der Waals surface area contributed by atoms with Crippen molar-refractivity contribution >= 4 is 23.9 Å². The van der Waals surface area contributed by atoms with E-state index in [1.54, 1.807) is 0 Å². The molecule has 0 atom stereocenters. The molecule has 0 amide bonds. The van der Waals surface area contributed by atoms with Crippen LogP contribution in [0.15, 0.2) is 18.7 Å². The van der Waals surface area contributed by atoms with E-state index in [2.05, 4.69) is 0 Å². The molecule has 126 valence electrons. The normalized spacial score (nSPS) is 11.9. The Kier molecular flexibility index (Phi) is 4.73. The molecule has 0 saturated heterocycles. The minimum Gasteiger partial charge on any atom is -0.479 e. The Morgan fingerprint density at radius 3 is 1.70 bits per heavy atom. The molecule has 6 N–H and O–H groups in total. The molecule has 0 unspecified atom stereocenters. The molecule has 0 aromatic carbocycles. The summed E-state index contributed by atoms with van der Waals surface area (Å²) < 4.78 is 1.76. The minimum absolute atomic E-state index is 0.881. The van der Waals surface area contributed by atoms with Gasteiger partial charge in [0, 0.05) is 0 Å². The maximum Gasteiger partial charge on any atom is 0.351 e. The van der Waals surface area contributed by atoms with Crippen LogP contribution in [0.3, 0.4) is 0 Å². The van der Waals surface area contributed by atoms with E-state index in [-0.39, 0.29) is 0 Å². The van der Waals surface area contributed by atoms with E-state index in [1.807, 2.05) is 0 Å². The van der Waals surface area contributed by atoms with Crippen LogP contribution in [0.4, 0.5) is 0 Å². The number of rotatable bonds is 8. The summed E-state index contributed by atoms with van der Waals surface area (Å²) in [6.45, 7) is -1.85. The first-order chi connectivity index (χ1) is 10.4. The third-order valence-corrected chi connectivity index (χ3v) is 2.98. The van der Waals surface area contributed by atoms with Crippen LogP contribution in [0.2, 0.25) is 0 Å². The molecule has 0 aliphatic rings. The van der Waals surface area contributed by atoms with Gasteiger partial charge < -0.3 is 30.6 Å². The second-order valence-corrected chi connectivity index (χ2v) is 4.70. The van der Waals surface area contributed by atoms with E-state index in [1.165, 1.54) is 0 Å². The summed E-state index contributed by atoms with van der Waals surface area (Å²) in [5, 5.41) is 54.2. The van der Waals surface area contributed by atoms with Crippen LogP contribution in [0.1, 0.15) is 0 Å². The zero-order valence-electron chi connectivity index (χ0n) is 11.4. The van der Waals surface area contributed by atoms with Crippen molar-refractivity contribution in [3.63, 3.8) is 0 Å². The maximum atomic E-state index is 10.8. The molecule has 1 heterocycles. The molecule has 1 aromatic rings. The zero-order valence-corrected chi connectivity index (χ0v) is 11.4. The average Bonchev–Trinajstić information content (AvgIpc) is 2.84. The van der Waals surface area contributed by atoms with Crippen molar-refractivity contribution in [3.8, 4) is 0 Å². The lowest BCUT2D eigenvalue weighted by Crippen LogP contribution is -2.57. The Bertz CT molecular complexity index is 581. The summed E-state index contributed by atoms with van der Waals surface area (Å²) in [6, 6.07) is 0. The molecular formula is C11H13N2O10+. The van der Waals surface area contributed by atoms with Gasteiger partial charge >= 0.3 is 23.9 Å². The van der Waals surface area contributed by atoms with E-state index in [0.717, 1.165) is 27.9 Å². The minimum atomic E-state index is -3.13. The van der Waals surface area contributed by atoms with Gasteiger partial charge in [-0.05, 0) is 0 Å².